The molecule has 2 rings (SSSR count). The number of rotatable bonds is 8. The molecular weight excluding hydrogens is 302 g/mol. The Labute approximate surface area is 144 Å². The summed E-state index contributed by atoms with van der Waals surface area (Å²) in [5.74, 6) is 0.783. The van der Waals surface area contributed by atoms with E-state index >= 15 is 0 Å². The lowest BCUT2D eigenvalue weighted by Crippen LogP contribution is -2.29. The van der Waals surface area contributed by atoms with Gasteiger partial charge in [0.2, 0.25) is 0 Å². The van der Waals surface area contributed by atoms with Crippen LogP contribution < -0.4 is 4.74 Å². The summed E-state index contributed by atoms with van der Waals surface area (Å²) < 4.78 is 6.09. The van der Waals surface area contributed by atoms with Gasteiger partial charge < -0.3 is 9.64 Å². The maximum absolute atomic E-state index is 9.19. The van der Waals surface area contributed by atoms with Gasteiger partial charge in [0.1, 0.15) is 11.9 Å². The number of nitriles is 2. The molecule has 0 aromatic carbocycles. The number of hydrogen-bond acceptors (Lipinski definition) is 6. The summed E-state index contributed by atoms with van der Waals surface area (Å²) in [6, 6.07) is 8.31. The summed E-state index contributed by atoms with van der Waals surface area (Å²) in [4.78, 5) is 8.69. The van der Waals surface area contributed by atoms with Crippen LogP contribution in [-0.4, -0.2) is 54.6 Å². The molecule has 0 spiro atoms. The van der Waals surface area contributed by atoms with Crippen LogP contribution in [0.2, 0.25) is 0 Å². The predicted molar refractivity (Wildman–Crippen MR) is 91.1 cm³/mol. The van der Waals surface area contributed by atoms with Gasteiger partial charge >= 0.3 is 0 Å². The molecule has 6 nitrogen and oxygen atoms in total. The highest BCUT2D eigenvalue weighted by atomic mass is 16.5. The molecule has 1 aromatic rings. The van der Waals surface area contributed by atoms with E-state index in [4.69, 9.17) is 10.00 Å². The maximum Gasteiger partial charge on any atom is 0.123 e. The van der Waals surface area contributed by atoms with Crippen molar-refractivity contribution in [1.82, 2.24) is 14.8 Å². The van der Waals surface area contributed by atoms with Crippen LogP contribution in [0.4, 0.5) is 0 Å². The minimum atomic E-state index is -0.0731. The zero-order chi connectivity index (χ0) is 17.4. The summed E-state index contributed by atoms with van der Waals surface area (Å²) in [5.41, 5.74) is 0.994. The first kappa shape index (κ1) is 18.2. The standard InChI is InChI=1S/C18H25N5O/c1-22(2)13-16-10-17(5-8-21-16)24-18-6-9-23(14-18)12-15(11-20)4-3-7-19/h5,8,10,15,18H,3-4,6,9,12-14H2,1-2H3. The molecule has 0 N–H and O–H groups in total. The monoisotopic (exact) mass is 327 g/mol. The van der Waals surface area contributed by atoms with E-state index in [0.29, 0.717) is 12.8 Å². The summed E-state index contributed by atoms with van der Waals surface area (Å²) in [6.45, 7) is 3.28. The quantitative estimate of drug-likeness (QED) is 0.727. The van der Waals surface area contributed by atoms with E-state index in [9.17, 15) is 5.26 Å². The molecule has 1 aromatic heterocycles. The lowest BCUT2D eigenvalue weighted by Gasteiger charge is -2.19. The molecule has 6 heteroatoms. The molecule has 24 heavy (non-hydrogen) atoms. The molecule has 0 amide bonds. The molecule has 2 heterocycles. The highest BCUT2D eigenvalue weighted by Gasteiger charge is 2.26. The van der Waals surface area contributed by atoms with E-state index in [1.807, 2.05) is 26.2 Å². The Kier molecular flexibility index (Phi) is 6.99. The van der Waals surface area contributed by atoms with Crippen LogP contribution in [-0.2, 0) is 6.54 Å². The van der Waals surface area contributed by atoms with Gasteiger partial charge in [-0.1, -0.05) is 0 Å². The summed E-state index contributed by atoms with van der Waals surface area (Å²) >= 11 is 0. The fraction of sp³-hybridized carbons (Fsp3) is 0.611. The first-order chi connectivity index (χ1) is 11.6. The number of pyridine rings is 1. The van der Waals surface area contributed by atoms with Crippen molar-refractivity contribution in [2.45, 2.75) is 31.9 Å². The molecule has 2 atom stereocenters. The average molecular weight is 327 g/mol. The summed E-state index contributed by atoms with van der Waals surface area (Å²) in [6.07, 6.45) is 3.98. The molecule has 1 fully saturated rings. The van der Waals surface area contributed by atoms with Gasteiger partial charge in [-0.05, 0) is 33.0 Å². The zero-order valence-corrected chi connectivity index (χ0v) is 14.5. The van der Waals surface area contributed by atoms with Crippen LogP contribution in [0.3, 0.4) is 0 Å². The van der Waals surface area contributed by atoms with E-state index in [-0.39, 0.29) is 12.0 Å². The summed E-state index contributed by atoms with van der Waals surface area (Å²) in [5, 5.41) is 17.8. The van der Waals surface area contributed by atoms with Crippen molar-refractivity contribution in [3.63, 3.8) is 0 Å². The third-order valence-corrected chi connectivity index (χ3v) is 4.06. The lowest BCUT2D eigenvalue weighted by atomic mass is 10.1. The van der Waals surface area contributed by atoms with Gasteiger partial charge in [-0.15, -0.1) is 0 Å². The molecule has 0 radical (unpaired) electrons. The van der Waals surface area contributed by atoms with Crippen molar-refractivity contribution < 1.29 is 4.74 Å². The van der Waals surface area contributed by atoms with Crippen molar-refractivity contribution in [3.8, 4) is 17.9 Å². The zero-order valence-electron chi connectivity index (χ0n) is 14.5. The molecule has 1 aliphatic heterocycles. The first-order valence-corrected chi connectivity index (χ1v) is 8.36. The first-order valence-electron chi connectivity index (χ1n) is 8.36. The topological polar surface area (TPSA) is 76.2 Å². The van der Waals surface area contributed by atoms with E-state index < -0.39 is 0 Å². The van der Waals surface area contributed by atoms with E-state index in [1.165, 1.54) is 0 Å². The number of aromatic nitrogens is 1. The van der Waals surface area contributed by atoms with Crippen LogP contribution in [0.1, 0.15) is 25.0 Å². The van der Waals surface area contributed by atoms with Crippen molar-refractivity contribution >= 4 is 0 Å². The highest BCUT2D eigenvalue weighted by molar-refractivity contribution is 5.23. The molecule has 0 aliphatic carbocycles. The van der Waals surface area contributed by atoms with Gasteiger partial charge in [0, 0.05) is 44.9 Å². The third-order valence-electron chi connectivity index (χ3n) is 4.06. The average Bonchev–Trinajstić information content (AvgIpc) is 2.98. The highest BCUT2D eigenvalue weighted by Crippen LogP contribution is 2.20. The van der Waals surface area contributed by atoms with Gasteiger partial charge in [-0.3, -0.25) is 9.88 Å². The molecule has 1 aliphatic rings. The SMILES string of the molecule is CN(C)Cc1cc(OC2CCN(CC(C#N)CCC#N)C2)ccn1. The molecule has 128 valence electrons. The van der Waals surface area contributed by atoms with Crippen molar-refractivity contribution in [2.75, 3.05) is 33.7 Å². The Morgan fingerprint density at radius 2 is 2.29 bits per heavy atom. The Balaban J connectivity index is 1.83. The summed E-state index contributed by atoms with van der Waals surface area (Å²) in [7, 11) is 4.03. The fourth-order valence-electron chi connectivity index (χ4n) is 2.94. The van der Waals surface area contributed by atoms with Crippen LogP contribution in [0.25, 0.3) is 0 Å². The van der Waals surface area contributed by atoms with Crippen LogP contribution >= 0.6 is 0 Å². The second-order valence-corrected chi connectivity index (χ2v) is 6.53. The molecule has 1 saturated heterocycles. The molecule has 0 saturated carbocycles. The predicted octanol–water partition coefficient (Wildman–Crippen LogP) is 2.04. The fourth-order valence-corrected chi connectivity index (χ4v) is 2.94. The van der Waals surface area contributed by atoms with Crippen LogP contribution in [0, 0.1) is 28.6 Å². The van der Waals surface area contributed by atoms with Crippen LogP contribution in [0.15, 0.2) is 18.3 Å². The Bertz CT molecular complexity index is 604. The molecule has 2 unspecified atom stereocenters. The van der Waals surface area contributed by atoms with Crippen LogP contribution in [0.5, 0.6) is 5.75 Å². The van der Waals surface area contributed by atoms with Crippen molar-refractivity contribution in [1.29, 1.82) is 10.5 Å². The third kappa shape index (κ3) is 5.81. The second-order valence-electron chi connectivity index (χ2n) is 6.53. The number of likely N-dealkylation sites (tertiary alicyclic amines) is 1. The number of nitrogens with zero attached hydrogens (tertiary/aromatic N) is 5. The number of hydrogen-bond donors (Lipinski definition) is 0. The molecule has 0 bridgehead atoms. The number of ether oxygens (including phenoxy) is 1. The van der Waals surface area contributed by atoms with Gasteiger partial charge in [0.15, 0.2) is 0 Å². The Hall–Kier alpha value is -2.15. The van der Waals surface area contributed by atoms with E-state index in [1.54, 1.807) is 6.20 Å². The van der Waals surface area contributed by atoms with Gasteiger partial charge in [0.05, 0.1) is 23.8 Å². The van der Waals surface area contributed by atoms with Crippen molar-refractivity contribution in [2.24, 2.45) is 5.92 Å². The largest absolute Gasteiger partial charge is 0.489 e. The lowest BCUT2D eigenvalue weighted by molar-refractivity contribution is 0.194. The minimum absolute atomic E-state index is 0.0731. The Morgan fingerprint density at radius 3 is 3.00 bits per heavy atom. The second kappa shape index (κ2) is 9.22. The van der Waals surface area contributed by atoms with E-state index in [0.717, 1.165) is 44.0 Å². The molecular formula is C18H25N5O. The Morgan fingerprint density at radius 1 is 1.46 bits per heavy atom. The normalized spacial score (nSPS) is 19.0. The van der Waals surface area contributed by atoms with Gasteiger partial charge in [-0.2, -0.15) is 10.5 Å². The van der Waals surface area contributed by atoms with Gasteiger partial charge in [-0.25, -0.2) is 0 Å². The van der Waals surface area contributed by atoms with E-state index in [2.05, 4.69) is 26.9 Å². The smallest absolute Gasteiger partial charge is 0.123 e. The minimum Gasteiger partial charge on any atom is -0.489 e. The van der Waals surface area contributed by atoms with Gasteiger partial charge in [0.25, 0.3) is 0 Å². The van der Waals surface area contributed by atoms with Crippen molar-refractivity contribution in [3.05, 3.63) is 24.0 Å². The maximum atomic E-state index is 9.19.